The average Bonchev–Trinajstić information content (AvgIpc) is 1.56. The van der Waals surface area contributed by atoms with Gasteiger partial charge in [-0.15, -0.1) is 0 Å². The van der Waals surface area contributed by atoms with Gasteiger partial charge >= 0.3 is 6.18 Å². The Morgan fingerprint density at radius 2 is 0.565 bits per heavy atom. The number of fused-ring (bicyclic) bond motifs is 6. The Kier molecular flexibility index (Phi) is 13.6. The van der Waals surface area contributed by atoms with Crippen molar-refractivity contribution in [1.82, 2.24) is 29.1 Å². The van der Waals surface area contributed by atoms with E-state index in [0.29, 0.717) is 11.4 Å². The number of rotatable bonds is 11. The minimum Gasteiger partial charge on any atom is -0.308 e. The Hall–Kier alpha value is -12.3. The molecule has 0 radical (unpaired) electrons. The quantitative estimate of drug-likeness (QED) is 0.129. The number of alkyl halides is 3. The van der Waals surface area contributed by atoms with Gasteiger partial charge in [-0.05, 0) is 171 Å². The van der Waals surface area contributed by atoms with Crippen molar-refractivity contribution in [2.24, 2.45) is 0 Å². The Labute approximate surface area is 527 Å². The Bertz CT molecular complexity index is 4990. The van der Waals surface area contributed by atoms with Gasteiger partial charge in [0, 0.05) is 68.6 Å². The summed E-state index contributed by atoms with van der Waals surface area (Å²) in [5, 5.41) is 15.6. The molecular formula is C82H50F3N7. The molecule has 434 valence electrons. The first-order valence-electron chi connectivity index (χ1n) is 30.2. The van der Waals surface area contributed by atoms with Crippen molar-refractivity contribution < 1.29 is 13.2 Å². The second kappa shape index (κ2) is 22.7. The molecule has 0 atom stereocenters. The van der Waals surface area contributed by atoms with E-state index in [1.807, 2.05) is 170 Å². The molecule has 10 heteroatoms. The van der Waals surface area contributed by atoms with E-state index in [4.69, 9.17) is 19.9 Å². The monoisotopic (exact) mass is 1190 g/mol. The van der Waals surface area contributed by atoms with Crippen LogP contribution in [0.4, 0.5) is 13.2 Å². The van der Waals surface area contributed by atoms with Crippen molar-refractivity contribution in [1.29, 1.82) is 5.26 Å². The van der Waals surface area contributed by atoms with Crippen LogP contribution in [0.1, 0.15) is 11.1 Å². The zero-order valence-electron chi connectivity index (χ0n) is 49.1. The molecule has 0 spiro atoms. The summed E-state index contributed by atoms with van der Waals surface area (Å²) in [5.41, 5.74) is 18.2. The minimum absolute atomic E-state index is 0.0275. The lowest BCUT2D eigenvalue weighted by atomic mass is 9.95. The lowest BCUT2D eigenvalue weighted by Gasteiger charge is -2.20. The number of nitrogens with zero attached hydrogens (tertiary/aromatic N) is 7. The van der Waals surface area contributed by atoms with Gasteiger partial charge in [0.25, 0.3) is 0 Å². The minimum atomic E-state index is -4.72. The van der Waals surface area contributed by atoms with E-state index in [0.717, 1.165) is 139 Å². The van der Waals surface area contributed by atoms with Gasteiger partial charge in [-0.3, -0.25) is 19.9 Å². The highest BCUT2D eigenvalue weighted by atomic mass is 19.4. The molecule has 0 amide bonds. The first kappa shape index (κ1) is 55.0. The maximum absolute atomic E-state index is 15.6. The van der Waals surface area contributed by atoms with Gasteiger partial charge in [-0.1, -0.05) is 164 Å². The first-order valence-corrected chi connectivity index (χ1v) is 30.2. The van der Waals surface area contributed by atoms with E-state index >= 15 is 13.2 Å². The molecule has 0 unspecified atom stereocenters. The van der Waals surface area contributed by atoms with Crippen LogP contribution in [-0.2, 0) is 6.18 Å². The van der Waals surface area contributed by atoms with Crippen molar-refractivity contribution in [3.8, 4) is 118 Å². The van der Waals surface area contributed by atoms with Crippen LogP contribution in [0.25, 0.3) is 156 Å². The highest BCUT2D eigenvalue weighted by molar-refractivity contribution is 6.14. The Morgan fingerprint density at radius 1 is 0.283 bits per heavy atom. The molecule has 16 rings (SSSR count). The van der Waals surface area contributed by atoms with Crippen LogP contribution in [0, 0.1) is 11.3 Å². The second-order valence-corrected chi connectivity index (χ2v) is 22.8. The number of hydrogen-bond donors (Lipinski definition) is 0. The van der Waals surface area contributed by atoms with Gasteiger partial charge in [0.05, 0.1) is 61.8 Å². The molecule has 0 aliphatic heterocycles. The number of aromatic nitrogens is 6. The molecule has 0 saturated heterocycles. The van der Waals surface area contributed by atoms with Crippen LogP contribution >= 0.6 is 0 Å². The predicted octanol–water partition coefficient (Wildman–Crippen LogP) is 21.4. The summed E-state index contributed by atoms with van der Waals surface area (Å²) in [4.78, 5) is 19.0. The van der Waals surface area contributed by atoms with Crippen molar-refractivity contribution in [2.75, 3.05) is 0 Å². The molecule has 0 bridgehead atoms. The molecule has 7 nitrogen and oxygen atoms in total. The molecule has 0 fully saturated rings. The Balaban J connectivity index is 0.965. The maximum Gasteiger partial charge on any atom is 0.417 e. The number of pyridine rings is 4. The van der Waals surface area contributed by atoms with Crippen LogP contribution in [0.3, 0.4) is 0 Å². The molecule has 0 aliphatic carbocycles. The second-order valence-electron chi connectivity index (χ2n) is 22.8. The van der Waals surface area contributed by atoms with Gasteiger partial charge in [-0.2, -0.15) is 18.4 Å². The maximum atomic E-state index is 15.6. The van der Waals surface area contributed by atoms with Crippen LogP contribution in [0.15, 0.2) is 304 Å². The van der Waals surface area contributed by atoms with E-state index in [9.17, 15) is 5.26 Å². The van der Waals surface area contributed by atoms with Gasteiger partial charge in [0.2, 0.25) is 0 Å². The van der Waals surface area contributed by atoms with Crippen molar-refractivity contribution >= 4 is 43.6 Å². The van der Waals surface area contributed by atoms with E-state index in [1.165, 1.54) is 12.1 Å². The average molecular weight is 1190 g/mol. The number of hydrogen-bond acceptors (Lipinski definition) is 5. The largest absolute Gasteiger partial charge is 0.417 e. The van der Waals surface area contributed by atoms with Gasteiger partial charge in [-0.25, -0.2) is 0 Å². The lowest BCUT2D eigenvalue weighted by Crippen LogP contribution is -2.09. The highest BCUT2D eigenvalue weighted by Crippen LogP contribution is 2.46. The molecule has 0 N–H and O–H groups in total. The standard InChI is InChI=1S/C82H50F3N7/c83-82(84,85)71-24-14-13-23-65(71)64-49-80(91-76-29-25-56(60-33-37-87-72(45-60)52-15-5-1-6-16-52)41-66(76)67-42-57(26-30-77(67)91)61-34-38-88-73(46-61)53-17-7-2-8-18-53)70(51-86)81(50-64)92-78-31-27-58(62-35-39-89-74(47-62)54-19-9-3-10-20-54)43-68(78)69-44-59(28-32-79(69)92)63-36-40-90-75(48-63)55-21-11-4-12-22-55/h1-50H. The van der Waals surface area contributed by atoms with Crippen LogP contribution in [-0.4, -0.2) is 29.1 Å². The summed E-state index contributed by atoms with van der Waals surface area (Å²) in [6.07, 6.45) is 2.56. The Morgan fingerprint density at radius 3 is 0.859 bits per heavy atom. The van der Waals surface area contributed by atoms with Gasteiger partial charge in [0.1, 0.15) is 11.6 Å². The van der Waals surface area contributed by atoms with E-state index in [1.54, 1.807) is 18.2 Å². The van der Waals surface area contributed by atoms with Crippen LogP contribution < -0.4 is 0 Å². The highest BCUT2D eigenvalue weighted by Gasteiger charge is 2.34. The predicted molar refractivity (Wildman–Crippen MR) is 365 cm³/mol. The first-order chi connectivity index (χ1) is 45.2. The third-order valence-corrected chi connectivity index (χ3v) is 17.4. The zero-order valence-corrected chi connectivity index (χ0v) is 49.1. The summed E-state index contributed by atoms with van der Waals surface area (Å²) < 4.78 is 50.8. The fourth-order valence-corrected chi connectivity index (χ4v) is 13.0. The lowest BCUT2D eigenvalue weighted by molar-refractivity contribution is -0.137. The third kappa shape index (κ3) is 9.91. The number of benzene rings is 10. The topological polar surface area (TPSA) is 85.2 Å². The smallest absolute Gasteiger partial charge is 0.308 e. The van der Waals surface area contributed by atoms with Crippen LogP contribution in [0.5, 0.6) is 0 Å². The fraction of sp³-hybridized carbons (Fsp3) is 0.0122. The summed E-state index contributed by atoms with van der Waals surface area (Å²) >= 11 is 0. The van der Waals surface area contributed by atoms with Crippen molar-refractivity contribution in [3.05, 3.63) is 315 Å². The normalized spacial score (nSPS) is 11.6. The van der Waals surface area contributed by atoms with E-state index in [-0.39, 0.29) is 16.7 Å². The number of halogens is 3. The SMILES string of the molecule is N#Cc1c(-n2c3ccc(-c4ccnc(-c5ccccc5)c4)cc3c3cc(-c4ccnc(-c5ccccc5)c4)ccc32)cc(-c2ccccc2C(F)(F)F)cc1-n1c2ccc(-c3ccnc(-c4ccccc4)c3)cc2c2cc(-c3ccnc(-c4ccccc4)c3)ccc21. The van der Waals surface area contributed by atoms with Gasteiger partial charge < -0.3 is 9.13 Å². The molecular weight excluding hydrogens is 1140 g/mol. The summed E-state index contributed by atoms with van der Waals surface area (Å²) in [6, 6.07) is 93.5. The molecule has 0 saturated carbocycles. The third-order valence-electron chi connectivity index (χ3n) is 17.4. The van der Waals surface area contributed by atoms with Crippen LogP contribution in [0.2, 0.25) is 0 Å². The molecule has 16 aromatic rings. The van der Waals surface area contributed by atoms with Crippen molar-refractivity contribution in [2.45, 2.75) is 6.18 Å². The zero-order chi connectivity index (χ0) is 61.9. The molecule has 6 heterocycles. The van der Waals surface area contributed by atoms with Crippen molar-refractivity contribution in [3.63, 3.8) is 0 Å². The molecule has 6 aromatic heterocycles. The molecule has 0 aliphatic rings. The molecule has 10 aromatic carbocycles. The van der Waals surface area contributed by atoms with E-state index in [2.05, 4.69) is 112 Å². The molecule has 92 heavy (non-hydrogen) atoms. The summed E-state index contributed by atoms with van der Waals surface area (Å²) in [6.45, 7) is 0. The summed E-state index contributed by atoms with van der Waals surface area (Å²) in [5.74, 6) is 0. The van der Waals surface area contributed by atoms with Gasteiger partial charge in [0.15, 0.2) is 0 Å². The fourth-order valence-electron chi connectivity index (χ4n) is 13.0. The summed E-state index contributed by atoms with van der Waals surface area (Å²) in [7, 11) is 0. The number of nitriles is 1. The van der Waals surface area contributed by atoms with E-state index < -0.39 is 11.7 Å².